The van der Waals surface area contributed by atoms with Crippen molar-refractivity contribution in [3.8, 4) is 0 Å². The molecule has 76 valence electrons. The zero-order valence-corrected chi connectivity index (χ0v) is 11.0. The molecule has 0 amide bonds. The fraction of sp³-hybridized carbons (Fsp3) is 0.111. The Kier molecular flexibility index (Phi) is 4.60. The van der Waals surface area contributed by atoms with E-state index in [2.05, 4.69) is 20.7 Å². The van der Waals surface area contributed by atoms with E-state index in [1.165, 1.54) is 4.68 Å². The molecular formula is C9H8N5NaO. The number of nitrogens with zero attached hydrogens (tertiary/aromatic N) is 5. The van der Waals surface area contributed by atoms with Gasteiger partial charge in [0.05, 0.1) is 0 Å². The predicted molar refractivity (Wildman–Crippen MR) is 54.2 cm³/mol. The number of tetrazole rings is 1. The van der Waals surface area contributed by atoms with E-state index in [1.807, 2.05) is 18.2 Å². The SMILES string of the molecule is Cn1nnnc1C(=N[O-])c1ccccc1.[Na+]. The Labute approximate surface area is 114 Å². The molecule has 0 aliphatic carbocycles. The fourth-order valence-corrected chi connectivity index (χ4v) is 1.25. The second-order valence-corrected chi connectivity index (χ2v) is 2.93. The first-order valence-electron chi connectivity index (χ1n) is 4.31. The number of hydrogen-bond donors (Lipinski definition) is 0. The first-order chi connectivity index (χ1) is 7.33. The molecule has 1 aromatic carbocycles. The molecule has 0 N–H and O–H groups in total. The van der Waals surface area contributed by atoms with Crippen LogP contribution < -0.4 is 29.6 Å². The maximum Gasteiger partial charge on any atom is 1.00 e. The molecule has 0 atom stereocenters. The normalized spacial score (nSPS) is 10.9. The van der Waals surface area contributed by atoms with Gasteiger partial charge in [-0.3, -0.25) is 0 Å². The summed E-state index contributed by atoms with van der Waals surface area (Å²) in [6, 6.07) is 9.08. The van der Waals surface area contributed by atoms with Crippen LogP contribution in [-0.4, -0.2) is 25.9 Å². The molecule has 0 fully saturated rings. The Morgan fingerprint density at radius 2 is 2.00 bits per heavy atom. The van der Waals surface area contributed by atoms with E-state index in [4.69, 9.17) is 0 Å². The van der Waals surface area contributed by atoms with Crippen LogP contribution in [-0.2, 0) is 7.05 Å². The standard InChI is InChI=1S/C9H9N5O.Na/c1-14-9(10-12-13-14)8(11-15)7-5-3-2-4-6-7;/h2-6,15H,1H3;/q;+1/p-1. The molecule has 0 bridgehead atoms. The number of aromatic nitrogens is 4. The summed E-state index contributed by atoms with van der Waals surface area (Å²) in [5.74, 6) is 0.358. The molecule has 1 heterocycles. The van der Waals surface area contributed by atoms with E-state index in [0.717, 1.165) is 0 Å². The minimum atomic E-state index is 0. The molecule has 0 saturated carbocycles. The van der Waals surface area contributed by atoms with Crippen LogP contribution >= 0.6 is 0 Å². The molecule has 1 aromatic heterocycles. The van der Waals surface area contributed by atoms with Gasteiger partial charge >= 0.3 is 29.6 Å². The van der Waals surface area contributed by atoms with Crippen LogP contribution in [0.3, 0.4) is 0 Å². The topological polar surface area (TPSA) is 79.0 Å². The zero-order valence-electron chi connectivity index (χ0n) is 9.03. The number of aryl methyl sites for hydroxylation is 1. The largest absolute Gasteiger partial charge is 1.00 e. The molecule has 0 saturated heterocycles. The number of hydrogen-bond acceptors (Lipinski definition) is 5. The van der Waals surface area contributed by atoms with Crippen LogP contribution in [0.2, 0.25) is 0 Å². The van der Waals surface area contributed by atoms with Crippen LogP contribution in [0, 0.1) is 5.21 Å². The van der Waals surface area contributed by atoms with Gasteiger partial charge in [-0.2, -0.15) is 0 Å². The van der Waals surface area contributed by atoms with Gasteiger partial charge in [0, 0.05) is 12.6 Å². The summed E-state index contributed by atoms with van der Waals surface area (Å²) in [6.45, 7) is 0. The van der Waals surface area contributed by atoms with Gasteiger partial charge < -0.3 is 10.4 Å². The molecule has 0 radical (unpaired) electrons. The zero-order chi connectivity index (χ0) is 10.7. The van der Waals surface area contributed by atoms with Crippen LogP contribution in [0.1, 0.15) is 11.4 Å². The van der Waals surface area contributed by atoms with Crippen LogP contribution in [0.5, 0.6) is 0 Å². The van der Waals surface area contributed by atoms with Crippen molar-refractivity contribution >= 4 is 5.71 Å². The smallest absolute Gasteiger partial charge is 0.791 e. The average Bonchev–Trinajstić information content (AvgIpc) is 2.68. The van der Waals surface area contributed by atoms with Gasteiger partial charge in [0.1, 0.15) is 5.71 Å². The van der Waals surface area contributed by atoms with Crippen molar-refractivity contribution in [2.45, 2.75) is 0 Å². The monoisotopic (exact) mass is 225 g/mol. The fourth-order valence-electron chi connectivity index (χ4n) is 1.25. The number of benzene rings is 1. The van der Waals surface area contributed by atoms with E-state index in [1.54, 1.807) is 19.2 Å². The predicted octanol–water partition coefficient (Wildman–Crippen LogP) is -2.45. The first kappa shape index (κ1) is 12.8. The minimum Gasteiger partial charge on any atom is -0.791 e. The molecule has 0 aliphatic rings. The van der Waals surface area contributed by atoms with E-state index in [0.29, 0.717) is 11.4 Å². The molecular weight excluding hydrogens is 217 g/mol. The first-order valence-corrected chi connectivity index (χ1v) is 4.31. The summed E-state index contributed by atoms with van der Waals surface area (Å²) < 4.78 is 1.41. The molecule has 6 nitrogen and oxygen atoms in total. The quantitative estimate of drug-likeness (QED) is 0.323. The van der Waals surface area contributed by atoms with Gasteiger partial charge in [-0.25, -0.2) is 4.68 Å². The summed E-state index contributed by atoms with van der Waals surface area (Å²) in [7, 11) is 1.66. The number of rotatable bonds is 2. The third-order valence-corrected chi connectivity index (χ3v) is 1.97. The maximum absolute atomic E-state index is 10.8. The third-order valence-electron chi connectivity index (χ3n) is 1.97. The van der Waals surface area contributed by atoms with Crippen molar-refractivity contribution in [1.29, 1.82) is 0 Å². The third kappa shape index (κ3) is 2.46. The second kappa shape index (κ2) is 5.74. The Hall–Kier alpha value is -1.24. The van der Waals surface area contributed by atoms with E-state index in [-0.39, 0.29) is 35.3 Å². The Bertz CT molecular complexity index is 482. The van der Waals surface area contributed by atoms with Crippen LogP contribution in [0.15, 0.2) is 35.5 Å². The van der Waals surface area contributed by atoms with Crippen LogP contribution in [0.25, 0.3) is 0 Å². The van der Waals surface area contributed by atoms with E-state index in [9.17, 15) is 5.21 Å². The Morgan fingerprint density at radius 3 is 2.50 bits per heavy atom. The molecule has 16 heavy (non-hydrogen) atoms. The van der Waals surface area contributed by atoms with Crippen molar-refractivity contribution < 1.29 is 29.6 Å². The van der Waals surface area contributed by atoms with Gasteiger partial charge in [0.2, 0.25) is 0 Å². The molecule has 0 spiro atoms. The van der Waals surface area contributed by atoms with E-state index >= 15 is 0 Å². The Balaban J connectivity index is 0.00000128. The summed E-state index contributed by atoms with van der Waals surface area (Å²) in [6.07, 6.45) is 0. The molecule has 2 rings (SSSR count). The second-order valence-electron chi connectivity index (χ2n) is 2.93. The maximum atomic E-state index is 10.8. The summed E-state index contributed by atoms with van der Waals surface area (Å²) in [5, 5.41) is 24.6. The summed E-state index contributed by atoms with van der Waals surface area (Å²) in [4.78, 5) is 0. The van der Waals surface area contributed by atoms with Gasteiger partial charge in [-0.05, 0) is 10.4 Å². The van der Waals surface area contributed by atoms with Gasteiger partial charge in [-0.15, -0.1) is 5.10 Å². The molecule has 0 aliphatic heterocycles. The van der Waals surface area contributed by atoms with Crippen molar-refractivity contribution in [3.63, 3.8) is 0 Å². The summed E-state index contributed by atoms with van der Waals surface area (Å²) in [5.41, 5.74) is 0.938. The van der Waals surface area contributed by atoms with E-state index < -0.39 is 0 Å². The minimum absolute atomic E-state index is 0. The van der Waals surface area contributed by atoms with Crippen molar-refractivity contribution in [1.82, 2.24) is 20.2 Å². The Morgan fingerprint density at radius 1 is 1.31 bits per heavy atom. The molecule has 2 aromatic rings. The summed E-state index contributed by atoms with van der Waals surface area (Å²) >= 11 is 0. The van der Waals surface area contributed by atoms with Crippen molar-refractivity contribution in [2.75, 3.05) is 0 Å². The van der Waals surface area contributed by atoms with Crippen molar-refractivity contribution in [2.24, 2.45) is 12.2 Å². The van der Waals surface area contributed by atoms with Gasteiger partial charge in [0.15, 0.2) is 5.82 Å². The van der Waals surface area contributed by atoms with Crippen LogP contribution in [0.4, 0.5) is 0 Å². The van der Waals surface area contributed by atoms with Gasteiger partial charge in [-0.1, -0.05) is 30.3 Å². The molecule has 0 unspecified atom stereocenters. The average molecular weight is 225 g/mol. The van der Waals surface area contributed by atoms with Crippen molar-refractivity contribution in [3.05, 3.63) is 46.9 Å². The van der Waals surface area contributed by atoms with Gasteiger partial charge in [0.25, 0.3) is 0 Å². The molecule has 7 heteroatoms.